The number of hydrogen-bond acceptors (Lipinski definition) is 2. The van der Waals surface area contributed by atoms with Gasteiger partial charge in [-0.15, -0.1) is 0 Å². The lowest BCUT2D eigenvalue weighted by atomic mass is 9.33. The van der Waals surface area contributed by atoms with E-state index < -0.39 is 5.41 Å². The molecular formula is C53H43BN2. The minimum Gasteiger partial charge on any atom is -0.311 e. The third-order valence-corrected chi connectivity index (χ3v) is 12.0. The quantitative estimate of drug-likeness (QED) is 0.125. The average Bonchev–Trinajstić information content (AvgIpc) is 3.22. The van der Waals surface area contributed by atoms with E-state index in [9.17, 15) is 0 Å². The molecule has 0 amide bonds. The highest BCUT2D eigenvalue weighted by Crippen LogP contribution is 2.48. The third kappa shape index (κ3) is 5.26. The SMILES string of the molecule is Cc1cccc(N2c3cc(C)ccc3B3c4ccc(C)cc4N(c4ccc(C(c5ccccc5)(c5ccccc5)c5ccccc5)cc4)c4cc(C)cc2c43)c1. The predicted octanol–water partition coefficient (Wildman–Crippen LogP) is 11.4. The van der Waals surface area contributed by atoms with Crippen molar-refractivity contribution < 1.29 is 0 Å². The number of hydrogen-bond donors (Lipinski definition) is 0. The molecule has 2 aliphatic heterocycles. The van der Waals surface area contributed by atoms with Crippen molar-refractivity contribution in [1.29, 1.82) is 0 Å². The van der Waals surface area contributed by atoms with Crippen molar-refractivity contribution in [1.82, 2.24) is 0 Å². The summed E-state index contributed by atoms with van der Waals surface area (Å²) in [6.07, 6.45) is 0. The van der Waals surface area contributed by atoms with Gasteiger partial charge in [0.1, 0.15) is 0 Å². The Balaban J connectivity index is 1.21. The standard InChI is InChI=1S/C53H43BN2/c1-36-15-14-22-45(31-36)56-49-33-38(3)24-30-47(49)54-46-29-23-37(2)32-48(46)55(50-34-39(4)35-51(56)52(50)54)44-27-25-43(26-28-44)53(40-16-8-5-9-17-40,41-18-10-6-11-19-41)42-20-12-7-13-21-42/h5-35H,1-4H3. The Morgan fingerprint density at radius 1 is 0.339 bits per heavy atom. The van der Waals surface area contributed by atoms with Crippen LogP contribution in [-0.4, -0.2) is 6.71 Å². The van der Waals surface area contributed by atoms with E-state index in [1.54, 1.807) is 0 Å². The Morgan fingerprint density at radius 2 is 0.768 bits per heavy atom. The summed E-state index contributed by atoms with van der Waals surface area (Å²) in [4.78, 5) is 5.03. The van der Waals surface area contributed by atoms with Crippen molar-refractivity contribution in [3.05, 3.63) is 233 Å². The molecule has 0 N–H and O–H groups in total. The largest absolute Gasteiger partial charge is 0.311 e. The van der Waals surface area contributed by atoms with Gasteiger partial charge >= 0.3 is 0 Å². The molecule has 0 aromatic heterocycles. The van der Waals surface area contributed by atoms with Crippen LogP contribution in [0.25, 0.3) is 0 Å². The second kappa shape index (κ2) is 13.3. The second-order valence-electron chi connectivity index (χ2n) is 15.7. The van der Waals surface area contributed by atoms with Gasteiger partial charge in [-0.2, -0.15) is 0 Å². The predicted molar refractivity (Wildman–Crippen MR) is 238 cm³/mol. The molecule has 8 aromatic rings. The van der Waals surface area contributed by atoms with Gasteiger partial charge in [-0.25, -0.2) is 0 Å². The van der Waals surface area contributed by atoms with Gasteiger partial charge in [-0.05, 0) is 137 Å². The van der Waals surface area contributed by atoms with Gasteiger partial charge in [0, 0.05) is 34.1 Å². The van der Waals surface area contributed by atoms with Crippen LogP contribution in [-0.2, 0) is 5.41 Å². The molecule has 3 heteroatoms. The molecule has 0 aliphatic carbocycles. The lowest BCUT2D eigenvalue weighted by Crippen LogP contribution is -2.61. The monoisotopic (exact) mass is 718 g/mol. The van der Waals surface area contributed by atoms with Gasteiger partial charge in [0.05, 0.1) is 5.41 Å². The molecule has 0 saturated heterocycles. The lowest BCUT2D eigenvalue weighted by molar-refractivity contribution is 0.745. The Morgan fingerprint density at radius 3 is 1.25 bits per heavy atom. The van der Waals surface area contributed by atoms with Gasteiger partial charge < -0.3 is 9.80 Å². The van der Waals surface area contributed by atoms with Gasteiger partial charge in [-0.3, -0.25) is 0 Å². The maximum atomic E-state index is 2.53. The first kappa shape index (κ1) is 34.0. The Hall–Kier alpha value is -6.58. The van der Waals surface area contributed by atoms with Gasteiger partial charge in [-0.1, -0.05) is 140 Å². The van der Waals surface area contributed by atoms with E-state index in [4.69, 9.17) is 0 Å². The Kier molecular flexibility index (Phi) is 8.08. The molecule has 2 nitrogen and oxygen atoms in total. The number of anilines is 6. The van der Waals surface area contributed by atoms with E-state index in [2.05, 4.69) is 226 Å². The summed E-state index contributed by atoms with van der Waals surface area (Å²) in [6.45, 7) is 8.95. The van der Waals surface area contributed by atoms with Crippen LogP contribution in [0.1, 0.15) is 44.5 Å². The first-order valence-corrected chi connectivity index (χ1v) is 19.7. The fourth-order valence-corrected chi connectivity index (χ4v) is 9.59. The molecule has 0 spiro atoms. The molecule has 8 aromatic carbocycles. The minimum atomic E-state index is -0.511. The number of fused-ring (bicyclic) bond motifs is 4. The van der Waals surface area contributed by atoms with E-state index in [0.29, 0.717) is 0 Å². The van der Waals surface area contributed by atoms with Crippen LogP contribution in [0.4, 0.5) is 34.1 Å². The van der Waals surface area contributed by atoms with Crippen molar-refractivity contribution in [3.8, 4) is 0 Å². The van der Waals surface area contributed by atoms with Crippen LogP contribution in [0.15, 0.2) is 188 Å². The number of nitrogens with zero attached hydrogens (tertiary/aromatic N) is 2. The molecule has 268 valence electrons. The fourth-order valence-electron chi connectivity index (χ4n) is 9.59. The summed E-state index contributed by atoms with van der Waals surface area (Å²) in [6, 6.07) is 70.2. The summed E-state index contributed by atoms with van der Waals surface area (Å²) in [5.41, 5.74) is 20.8. The molecule has 2 aliphatic rings. The van der Waals surface area contributed by atoms with E-state index in [1.165, 1.54) is 89.3 Å². The minimum absolute atomic E-state index is 0.102. The molecule has 0 saturated carbocycles. The van der Waals surface area contributed by atoms with Crippen LogP contribution in [0, 0.1) is 27.7 Å². The maximum Gasteiger partial charge on any atom is 0.252 e. The summed E-state index contributed by atoms with van der Waals surface area (Å²) in [5, 5.41) is 0. The number of rotatable bonds is 6. The van der Waals surface area contributed by atoms with E-state index >= 15 is 0 Å². The first-order chi connectivity index (χ1) is 27.4. The smallest absolute Gasteiger partial charge is 0.252 e. The summed E-state index contributed by atoms with van der Waals surface area (Å²) >= 11 is 0. The van der Waals surface area contributed by atoms with E-state index in [0.717, 1.165) is 5.69 Å². The summed E-state index contributed by atoms with van der Waals surface area (Å²) in [7, 11) is 0. The fraction of sp³-hybridized carbons (Fsp3) is 0.0943. The zero-order valence-corrected chi connectivity index (χ0v) is 32.4. The van der Waals surface area contributed by atoms with Crippen molar-refractivity contribution in [2.45, 2.75) is 33.1 Å². The van der Waals surface area contributed by atoms with Gasteiger partial charge in [0.15, 0.2) is 0 Å². The average molecular weight is 719 g/mol. The summed E-state index contributed by atoms with van der Waals surface area (Å²) in [5.74, 6) is 0. The Bertz CT molecular complexity index is 2640. The zero-order chi connectivity index (χ0) is 38.0. The molecular weight excluding hydrogens is 675 g/mol. The maximum absolute atomic E-state index is 2.53. The first-order valence-electron chi connectivity index (χ1n) is 19.7. The highest BCUT2D eigenvalue weighted by Gasteiger charge is 2.44. The van der Waals surface area contributed by atoms with Crippen LogP contribution in [0.5, 0.6) is 0 Å². The van der Waals surface area contributed by atoms with Crippen LogP contribution in [0.2, 0.25) is 0 Å². The molecule has 0 atom stereocenters. The number of aryl methyl sites for hydroxylation is 4. The van der Waals surface area contributed by atoms with Crippen molar-refractivity contribution in [2.75, 3.05) is 9.80 Å². The molecule has 0 fully saturated rings. The van der Waals surface area contributed by atoms with Crippen molar-refractivity contribution in [3.63, 3.8) is 0 Å². The molecule has 10 rings (SSSR count). The number of benzene rings is 8. The van der Waals surface area contributed by atoms with Gasteiger partial charge in [0.2, 0.25) is 0 Å². The Labute approximate surface area is 331 Å². The van der Waals surface area contributed by atoms with Crippen LogP contribution >= 0.6 is 0 Å². The zero-order valence-electron chi connectivity index (χ0n) is 32.4. The van der Waals surface area contributed by atoms with Crippen LogP contribution in [0.3, 0.4) is 0 Å². The lowest BCUT2D eigenvalue weighted by Gasteiger charge is -2.44. The topological polar surface area (TPSA) is 6.48 Å². The molecule has 0 bridgehead atoms. The van der Waals surface area contributed by atoms with Crippen molar-refractivity contribution in [2.24, 2.45) is 0 Å². The normalized spacial score (nSPS) is 12.9. The van der Waals surface area contributed by atoms with Crippen molar-refractivity contribution >= 4 is 57.2 Å². The molecule has 56 heavy (non-hydrogen) atoms. The highest BCUT2D eigenvalue weighted by atomic mass is 15.2. The summed E-state index contributed by atoms with van der Waals surface area (Å²) < 4.78 is 0. The van der Waals surface area contributed by atoms with E-state index in [1.807, 2.05) is 0 Å². The van der Waals surface area contributed by atoms with Crippen LogP contribution < -0.4 is 26.2 Å². The van der Waals surface area contributed by atoms with Gasteiger partial charge in [0.25, 0.3) is 6.71 Å². The molecule has 0 radical (unpaired) electrons. The van der Waals surface area contributed by atoms with E-state index in [-0.39, 0.29) is 6.71 Å². The molecule has 2 heterocycles. The molecule has 0 unspecified atom stereocenters. The highest BCUT2D eigenvalue weighted by molar-refractivity contribution is 7.00. The third-order valence-electron chi connectivity index (χ3n) is 12.0. The second-order valence-corrected chi connectivity index (χ2v) is 15.7.